The van der Waals surface area contributed by atoms with Gasteiger partial charge in [-0.05, 0) is 110 Å². The van der Waals surface area contributed by atoms with Crippen molar-refractivity contribution in [2.75, 3.05) is 12.3 Å². The first-order chi connectivity index (χ1) is 26.8. The normalized spacial score (nSPS) is 14.7. The summed E-state index contributed by atoms with van der Waals surface area (Å²) in [6.07, 6.45) is 8.21. The van der Waals surface area contributed by atoms with Gasteiger partial charge in [0, 0.05) is 0 Å². The third-order valence-corrected chi connectivity index (χ3v) is 18.8. The van der Waals surface area contributed by atoms with Crippen molar-refractivity contribution in [3.63, 3.8) is 0 Å². The predicted octanol–water partition coefficient (Wildman–Crippen LogP) is 15.5. The summed E-state index contributed by atoms with van der Waals surface area (Å²) in [5.74, 6) is 1.79. The van der Waals surface area contributed by atoms with Crippen molar-refractivity contribution in [2.24, 2.45) is 11.8 Å². The SMILES string of the molecule is [Br][Mn-]([Br])([Br])[Br].[Br][Mn-]([Br])([Br])[Br].c1ccc([P+](CC2CC2)(c2ccccc2)c2ccccc2)cc1.c1ccc([P+](CC2CC2)(c2ccccc2)c2ccccc2)cc1. The minimum absolute atomic E-state index is 0.893. The summed E-state index contributed by atoms with van der Waals surface area (Å²) in [4.78, 5) is 0. The van der Waals surface area contributed by atoms with Gasteiger partial charge < -0.3 is 0 Å². The Morgan fingerprint density at radius 2 is 0.446 bits per heavy atom. The van der Waals surface area contributed by atoms with Crippen molar-refractivity contribution < 1.29 is 11.2 Å². The second-order valence-corrected chi connectivity index (χ2v) is 92.1. The molecular weight excluding hydrogens is 1340 g/mol. The molecule has 2 aliphatic carbocycles. The third-order valence-electron chi connectivity index (χ3n) is 9.64. The van der Waals surface area contributed by atoms with Gasteiger partial charge in [0.25, 0.3) is 0 Å². The Bertz CT molecular complexity index is 1640. The van der Waals surface area contributed by atoms with Gasteiger partial charge in [0.1, 0.15) is 46.4 Å². The summed E-state index contributed by atoms with van der Waals surface area (Å²) in [5, 5.41) is 9.11. The summed E-state index contributed by atoms with van der Waals surface area (Å²) < 4.78 is 0. The van der Waals surface area contributed by atoms with Crippen LogP contribution in [0.1, 0.15) is 25.7 Å². The van der Waals surface area contributed by atoms with Gasteiger partial charge in [0.05, 0.1) is 12.3 Å². The Morgan fingerprint density at radius 1 is 0.304 bits per heavy atom. The Labute approximate surface area is 396 Å². The average Bonchev–Trinajstić information content (AvgIpc) is 4.15. The summed E-state index contributed by atoms with van der Waals surface area (Å²) in [6, 6.07) is 67.3. The van der Waals surface area contributed by atoms with Gasteiger partial charge in [0.2, 0.25) is 0 Å². The van der Waals surface area contributed by atoms with E-state index in [1.54, 1.807) is 0 Å². The maximum absolute atomic E-state index is 3.27. The summed E-state index contributed by atoms with van der Waals surface area (Å²) in [6.45, 7) is 0. The molecule has 6 aromatic carbocycles. The first-order valence-electron chi connectivity index (χ1n) is 18.0. The summed E-state index contributed by atoms with van der Waals surface area (Å²) in [7, 11) is -3.09. The van der Waals surface area contributed by atoms with Gasteiger partial charge in [0.15, 0.2) is 0 Å². The second-order valence-electron chi connectivity index (χ2n) is 13.5. The third kappa shape index (κ3) is 15.8. The Kier molecular flexibility index (Phi) is 20.2. The zero-order valence-corrected chi connectivity index (χ0v) is 47.2. The number of hydrogen-bond donors (Lipinski definition) is 0. The predicted molar refractivity (Wildman–Crippen MR) is 277 cm³/mol. The molecule has 0 heterocycles. The van der Waals surface area contributed by atoms with Crippen molar-refractivity contribution >= 4 is 159 Å². The van der Waals surface area contributed by atoms with Crippen LogP contribution in [-0.4, -0.2) is 12.3 Å². The van der Waals surface area contributed by atoms with Gasteiger partial charge in [-0.25, -0.2) is 0 Å². The van der Waals surface area contributed by atoms with E-state index in [4.69, 9.17) is 0 Å². The largest absolute Gasteiger partial charge is 0.112 e. The van der Waals surface area contributed by atoms with Crippen molar-refractivity contribution in [3.05, 3.63) is 182 Å². The van der Waals surface area contributed by atoms with Crippen LogP contribution in [0.4, 0.5) is 0 Å². The van der Waals surface area contributed by atoms with Crippen LogP contribution in [0.3, 0.4) is 0 Å². The number of hydrogen-bond acceptors (Lipinski definition) is 0. The summed E-state index contributed by atoms with van der Waals surface area (Å²) in [5.41, 5.74) is -2.75. The van der Waals surface area contributed by atoms with E-state index in [1.165, 1.54) is 69.8 Å². The molecule has 0 aliphatic heterocycles. The van der Waals surface area contributed by atoms with Crippen LogP contribution in [0.2, 0.25) is 0 Å². The maximum Gasteiger partial charge on any atom is 0.112 e. The van der Waals surface area contributed by atoms with E-state index < -0.39 is 25.8 Å². The minimum Gasteiger partial charge on any atom is -0.0620 e. The zero-order chi connectivity index (χ0) is 40.1. The van der Waals surface area contributed by atoms with E-state index in [1.807, 2.05) is 0 Å². The smallest absolute Gasteiger partial charge is 0.0620 e. The molecule has 0 radical (unpaired) electrons. The molecule has 0 nitrogen and oxygen atoms in total. The number of benzene rings is 6. The minimum atomic E-state index is -1.55. The van der Waals surface area contributed by atoms with Crippen molar-refractivity contribution in [1.82, 2.24) is 0 Å². The van der Waals surface area contributed by atoms with Crippen LogP contribution in [0.25, 0.3) is 0 Å². The van der Waals surface area contributed by atoms with Crippen molar-refractivity contribution in [1.29, 1.82) is 0 Å². The van der Waals surface area contributed by atoms with Gasteiger partial charge in [-0.2, -0.15) is 0 Å². The van der Waals surface area contributed by atoms with Crippen LogP contribution in [0.15, 0.2) is 182 Å². The average molecular weight is 1380 g/mol. The van der Waals surface area contributed by atoms with E-state index in [0.717, 1.165) is 11.8 Å². The molecule has 0 saturated heterocycles. The molecule has 0 spiro atoms. The number of rotatable bonds is 10. The maximum atomic E-state index is 3.27. The van der Waals surface area contributed by atoms with Gasteiger partial charge in [-0.1, -0.05) is 109 Å². The van der Waals surface area contributed by atoms with Crippen LogP contribution in [-0.2, 0) is 11.2 Å². The molecule has 6 aromatic rings. The molecular formula is C44H44Br8Mn2P2. The summed E-state index contributed by atoms with van der Waals surface area (Å²) >= 11 is 26.1. The molecule has 300 valence electrons. The van der Waals surface area contributed by atoms with E-state index in [2.05, 4.69) is 295 Å². The Morgan fingerprint density at radius 3 is 0.571 bits per heavy atom. The van der Waals surface area contributed by atoms with Crippen LogP contribution in [0, 0.1) is 11.8 Å². The topological polar surface area (TPSA) is 0 Å². The molecule has 0 N–H and O–H groups in total. The van der Waals surface area contributed by atoms with E-state index in [-0.39, 0.29) is 0 Å². The van der Waals surface area contributed by atoms with Gasteiger partial charge >= 0.3 is 124 Å². The fraction of sp³-hybridized carbons (Fsp3) is 0.182. The fourth-order valence-electron chi connectivity index (χ4n) is 7.00. The molecule has 8 rings (SSSR count). The molecule has 2 aliphatic rings. The first kappa shape index (κ1) is 48.1. The Balaban J connectivity index is 0.000000173. The number of halogens is 8. The molecule has 56 heavy (non-hydrogen) atoms. The Hall–Kier alpha value is 1.06. The van der Waals surface area contributed by atoms with Crippen molar-refractivity contribution in [3.8, 4) is 0 Å². The van der Waals surface area contributed by atoms with Gasteiger partial charge in [-0.3, -0.25) is 0 Å². The fourth-order valence-corrected chi connectivity index (χ4v) is 16.4. The molecule has 0 bridgehead atoms. The standard InChI is InChI=1S/2C22H22P.8BrH.2Mn/c2*1-4-10-20(11-5-1)23(18-19-16-17-19,21-12-6-2-7-13-21)22-14-8-3-9-15-22;;;;;;;;;;/h2*1-15,19H,16-18H2;8*1H;;/q2*+1;;;;;;;;;2*+3/p-8. The van der Waals surface area contributed by atoms with Gasteiger partial charge in [-0.15, -0.1) is 0 Å². The van der Waals surface area contributed by atoms with E-state index in [0.29, 0.717) is 0 Å². The quantitative estimate of drug-likeness (QED) is 0.0947. The molecule has 0 amide bonds. The molecule has 2 saturated carbocycles. The second kappa shape index (κ2) is 23.5. The van der Waals surface area contributed by atoms with Crippen molar-refractivity contribution in [2.45, 2.75) is 25.7 Å². The monoisotopic (exact) mass is 1380 g/mol. The zero-order valence-electron chi connectivity index (χ0n) is 30.4. The molecule has 0 aromatic heterocycles. The molecule has 0 unspecified atom stereocenters. The van der Waals surface area contributed by atoms with Crippen LogP contribution < -0.4 is 31.8 Å². The van der Waals surface area contributed by atoms with E-state index >= 15 is 0 Å². The molecule has 12 heteroatoms. The van der Waals surface area contributed by atoms with E-state index in [9.17, 15) is 0 Å². The van der Waals surface area contributed by atoms with Crippen LogP contribution in [0.5, 0.6) is 0 Å². The molecule has 0 atom stereocenters. The first-order valence-corrected chi connectivity index (χ1v) is 45.3. The van der Waals surface area contributed by atoms with Crippen LogP contribution >= 0.6 is 127 Å². The molecule has 2 fully saturated rings.